The molecular weight excluding hydrogens is 675 g/mol. The molecule has 0 fully saturated rings. The average molecular weight is 710 g/mol. The minimum absolute atomic E-state index is 0.0963. The molecule has 7 rings (SSSR count). The Bertz CT molecular complexity index is 2370. The fraction of sp³-hybridized carbons (Fsp3) is 0.0217. The van der Waals surface area contributed by atoms with Crippen molar-refractivity contribution in [3.8, 4) is 11.1 Å². The number of amides is 3. The number of anilines is 2. The monoisotopic (exact) mass is 709 g/mol. The predicted octanol–water partition coefficient (Wildman–Crippen LogP) is 10.4. The predicted molar refractivity (Wildman–Crippen MR) is 216 cm³/mol. The highest BCUT2D eigenvalue weighted by atomic mass is 32.2. The van der Waals surface area contributed by atoms with Crippen LogP contribution >= 0.6 is 11.8 Å². The van der Waals surface area contributed by atoms with Gasteiger partial charge in [-0.25, -0.2) is 0 Å². The molecule has 6 nitrogen and oxygen atoms in total. The standard InChI is InChI=1S/C46H35N3O3S/c50-44(37-18-8-3-9-19-37)49-42(31-32-23-25-34(26-24-32)33-13-4-1-5-14-33)45(51)47-38-27-29-39(30-28-38)53-43(36-16-6-2-7-17-36)46(52)48-41-22-12-20-35-15-10-11-21-40(35)41/h1-31,43H,(H,47,51)(H,48,52)(H,49,50)/b42-31-. The number of carbonyl (C=O) groups is 3. The van der Waals surface area contributed by atoms with E-state index < -0.39 is 17.1 Å². The van der Waals surface area contributed by atoms with Crippen LogP contribution in [-0.4, -0.2) is 17.7 Å². The third-order valence-electron chi connectivity index (χ3n) is 8.61. The Morgan fingerprint density at radius 1 is 0.547 bits per heavy atom. The Balaban J connectivity index is 1.09. The molecule has 53 heavy (non-hydrogen) atoms. The second-order valence-electron chi connectivity index (χ2n) is 12.3. The van der Waals surface area contributed by atoms with Crippen LogP contribution in [0.15, 0.2) is 193 Å². The van der Waals surface area contributed by atoms with Crippen LogP contribution in [0.5, 0.6) is 0 Å². The van der Waals surface area contributed by atoms with E-state index in [1.54, 1.807) is 42.5 Å². The Labute approximate surface area is 312 Å². The van der Waals surface area contributed by atoms with Crippen LogP contribution in [0.2, 0.25) is 0 Å². The zero-order valence-electron chi connectivity index (χ0n) is 28.6. The van der Waals surface area contributed by atoms with Gasteiger partial charge in [0.25, 0.3) is 11.8 Å². The van der Waals surface area contributed by atoms with Gasteiger partial charge in [0, 0.05) is 27.2 Å². The highest BCUT2D eigenvalue weighted by molar-refractivity contribution is 8.00. The molecule has 0 spiro atoms. The molecule has 1 unspecified atom stereocenters. The van der Waals surface area contributed by atoms with Crippen molar-refractivity contribution in [2.75, 3.05) is 10.6 Å². The summed E-state index contributed by atoms with van der Waals surface area (Å²) in [5.41, 5.74) is 5.57. The van der Waals surface area contributed by atoms with Crippen LogP contribution in [-0.2, 0) is 9.59 Å². The molecule has 0 aromatic heterocycles. The summed E-state index contributed by atoms with van der Waals surface area (Å²) < 4.78 is 0. The maximum atomic E-state index is 13.9. The number of fused-ring (bicyclic) bond motifs is 1. The van der Waals surface area contributed by atoms with Gasteiger partial charge < -0.3 is 16.0 Å². The summed E-state index contributed by atoms with van der Waals surface area (Å²) in [5.74, 6) is -1.01. The first-order chi connectivity index (χ1) is 26.0. The van der Waals surface area contributed by atoms with Crippen LogP contribution < -0.4 is 16.0 Å². The van der Waals surface area contributed by atoms with Gasteiger partial charge in [0.1, 0.15) is 10.9 Å². The van der Waals surface area contributed by atoms with Gasteiger partial charge in [0.05, 0.1) is 0 Å². The van der Waals surface area contributed by atoms with E-state index in [4.69, 9.17) is 0 Å². The van der Waals surface area contributed by atoms with Crippen LogP contribution in [0, 0.1) is 0 Å². The normalized spacial score (nSPS) is 11.7. The summed E-state index contributed by atoms with van der Waals surface area (Å²) in [5, 5.41) is 10.4. The van der Waals surface area contributed by atoms with Gasteiger partial charge in [0.15, 0.2) is 0 Å². The molecule has 3 N–H and O–H groups in total. The lowest BCUT2D eigenvalue weighted by molar-refractivity contribution is -0.116. The smallest absolute Gasteiger partial charge is 0.272 e. The van der Waals surface area contributed by atoms with Crippen molar-refractivity contribution in [1.29, 1.82) is 0 Å². The maximum absolute atomic E-state index is 13.9. The Kier molecular flexibility index (Phi) is 10.8. The summed E-state index contributed by atoms with van der Waals surface area (Å²) >= 11 is 1.42. The first kappa shape index (κ1) is 34.7. The number of carbonyl (C=O) groups excluding carboxylic acids is 3. The molecule has 0 radical (unpaired) electrons. The van der Waals surface area contributed by atoms with E-state index in [9.17, 15) is 14.4 Å². The van der Waals surface area contributed by atoms with Crippen molar-refractivity contribution < 1.29 is 14.4 Å². The first-order valence-corrected chi connectivity index (χ1v) is 18.0. The van der Waals surface area contributed by atoms with Crippen molar-refractivity contribution in [2.45, 2.75) is 10.1 Å². The number of benzene rings is 7. The summed E-state index contributed by atoms with van der Waals surface area (Å²) in [4.78, 5) is 41.6. The lowest BCUT2D eigenvalue weighted by Crippen LogP contribution is -2.30. The molecule has 1 atom stereocenters. The molecule has 258 valence electrons. The molecule has 0 heterocycles. The Morgan fingerprint density at radius 3 is 1.87 bits per heavy atom. The zero-order chi connectivity index (χ0) is 36.4. The molecule has 7 heteroatoms. The van der Waals surface area contributed by atoms with E-state index in [1.807, 2.05) is 146 Å². The molecule has 3 amide bonds. The summed E-state index contributed by atoms with van der Waals surface area (Å²) in [6.07, 6.45) is 1.66. The quantitative estimate of drug-likeness (QED) is 0.0922. The molecule has 0 aliphatic heterocycles. The third kappa shape index (κ3) is 8.79. The fourth-order valence-corrected chi connectivity index (χ4v) is 6.92. The van der Waals surface area contributed by atoms with Crippen molar-refractivity contribution in [3.05, 3.63) is 204 Å². The van der Waals surface area contributed by atoms with Crippen molar-refractivity contribution in [1.82, 2.24) is 5.32 Å². The molecule has 0 saturated carbocycles. The van der Waals surface area contributed by atoms with E-state index in [-0.39, 0.29) is 11.6 Å². The maximum Gasteiger partial charge on any atom is 0.272 e. The molecule has 0 saturated heterocycles. The van der Waals surface area contributed by atoms with Crippen molar-refractivity contribution in [2.24, 2.45) is 0 Å². The minimum atomic E-state index is -0.536. The van der Waals surface area contributed by atoms with E-state index in [0.717, 1.165) is 43.6 Å². The van der Waals surface area contributed by atoms with Crippen LogP contribution in [0.3, 0.4) is 0 Å². The highest BCUT2D eigenvalue weighted by Crippen LogP contribution is 2.37. The molecular formula is C46H35N3O3S. The number of nitrogens with one attached hydrogen (secondary N) is 3. The summed E-state index contributed by atoms with van der Waals surface area (Å²) in [7, 11) is 0. The highest BCUT2D eigenvalue weighted by Gasteiger charge is 2.23. The minimum Gasteiger partial charge on any atom is -0.324 e. The molecule has 0 aliphatic carbocycles. The second kappa shape index (κ2) is 16.5. The van der Waals surface area contributed by atoms with Gasteiger partial charge in [-0.3, -0.25) is 14.4 Å². The van der Waals surface area contributed by atoms with Crippen LogP contribution in [0.25, 0.3) is 28.0 Å². The van der Waals surface area contributed by atoms with E-state index in [2.05, 4.69) is 16.0 Å². The Hall–Kier alpha value is -6.70. The van der Waals surface area contributed by atoms with Crippen LogP contribution in [0.1, 0.15) is 26.7 Å². The summed E-state index contributed by atoms with van der Waals surface area (Å²) in [6.45, 7) is 0. The molecule has 7 aromatic rings. The van der Waals surface area contributed by atoms with E-state index >= 15 is 0 Å². The van der Waals surface area contributed by atoms with Crippen LogP contribution in [0.4, 0.5) is 11.4 Å². The molecule has 0 bridgehead atoms. The molecule has 7 aromatic carbocycles. The van der Waals surface area contributed by atoms with Gasteiger partial charge in [-0.05, 0) is 76.2 Å². The number of hydrogen-bond acceptors (Lipinski definition) is 4. The van der Waals surface area contributed by atoms with E-state index in [1.165, 1.54) is 11.8 Å². The van der Waals surface area contributed by atoms with Gasteiger partial charge >= 0.3 is 0 Å². The van der Waals surface area contributed by atoms with Gasteiger partial charge in [-0.1, -0.05) is 140 Å². The zero-order valence-corrected chi connectivity index (χ0v) is 29.4. The number of hydrogen-bond donors (Lipinski definition) is 3. The number of thioether (sulfide) groups is 1. The van der Waals surface area contributed by atoms with Crippen molar-refractivity contribution in [3.63, 3.8) is 0 Å². The van der Waals surface area contributed by atoms with Crippen molar-refractivity contribution >= 4 is 57.7 Å². The van der Waals surface area contributed by atoms with Gasteiger partial charge in [0.2, 0.25) is 5.91 Å². The topological polar surface area (TPSA) is 87.3 Å². The average Bonchev–Trinajstić information content (AvgIpc) is 3.21. The second-order valence-corrected chi connectivity index (χ2v) is 13.4. The summed E-state index contributed by atoms with van der Waals surface area (Å²) in [6, 6.07) is 57.4. The van der Waals surface area contributed by atoms with Gasteiger partial charge in [-0.2, -0.15) is 0 Å². The molecule has 0 aliphatic rings. The third-order valence-corrected chi connectivity index (χ3v) is 9.88. The SMILES string of the molecule is O=C(Nc1ccc(SC(C(=O)Nc2cccc3ccccc23)c2ccccc2)cc1)/C(=C/c1ccc(-c2ccccc2)cc1)NC(=O)c1ccccc1. The largest absolute Gasteiger partial charge is 0.324 e. The van der Waals surface area contributed by atoms with Gasteiger partial charge in [-0.15, -0.1) is 11.8 Å². The first-order valence-electron chi connectivity index (χ1n) is 17.2. The lowest BCUT2D eigenvalue weighted by Gasteiger charge is -2.18. The lowest BCUT2D eigenvalue weighted by atomic mass is 10.0. The van der Waals surface area contributed by atoms with E-state index in [0.29, 0.717) is 11.3 Å². The fourth-order valence-electron chi connectivity index (χ4n) is 5.90. The Morgan fingerprint density at radius 2 is 1.15 bits per heavy atom. The number of rotatable bonds is 11.